The summed E-state index contributed by atoms with van der Waals surface area (Å²) in [5, 5.41) is 0. The third-order valence-electron chi connectivity index (χ3n) is 1.99. The van der Waals surface area contributed by atoms with Crippen LogP contribution in [-0.4, -0.2) is 26.2 Å². The summed E-state index contributed by atoms with van der Waals surface area (Å²) >= 11 is 0. The van der Waals surface area contributed by atoms with Crippen molar-refractivity contribution in [2.24, 2.45) is 0 Å². The molecule has 0 spiro atoms. The van der Waals surface area contributed by atoms with Crippen molar-refractivity contribution in [3.63, 3.8) is 0 Å². The highest BCUT2D eigenvalue weighted by Gasteiger charge is 2.41. The molecule has 0 amide bonds. The Kier molecular flexibility index (Phi) is 3.59. The Morgan fingerprint density at radius 3 is 2.18 bits per heavy atom. The largest absolute Gasteiger partial charge is 0.493 e. The molecule has 0 saturated heterocycles. The van der Waals surface area contributed by atoms with Crippen molar-refractivity contribution >= 4 is 5.78 Å². The lowest BCUT2D eigenvalue weighted by Crippen LogP contribution is -2.24. The van der Waals surface area contributed by atoms with Crippen LogP contribution in [0.3, 0.4) is 0 Å². The van der Waals surface area contributed by atoms with Gasteiger partial charge in [0.1, 0.15) is 0 Å². The second-order valence-electron chi connectivity index (χ2n) is 2.99. The van der Waals surface area contributed by atoms with Crippen molar-refractivity contribution < 1.29 is 31.8 Å². The number of methoxy groups -OCH3 is 2. The van der Waals surface area contributed by atoms with Crippen LogP contribution in [0.25, 0.3) is 0 Å². The van der Waals surface area contributed by atoms with Gasteiger partial charge in [0, 0.05) is 0 Å². The molecule has 0 radical (unpaired) electrons. The van der Waals surface area contributed by atoms with Crippen molar-refractivity contribution in [1.82, 2.24) is 0 Å². The first-order valence-corrected chi connectivity index (χ1v) is 4.35. The van der Waals surface area contributed by atoms with Crippen LogP contribution in [0.1, 0.15) is 10.4 Å². The quantitative estimate of drug-likeness (QED) is 0.612. The summed E-state index contributed by atoms with van der Waals surface area (Å²) in [4.78, 5) is 10.9. The van der Waals surface area contributed by atoms with Crippen LogP contribution in [0.2, 0.25) is 0 Å². The van der Waals surface area contributed by atoms with E-state index in [9.17, 15) is 22.4 Å². The highest BCUT2D eigenvalue weighted by molar-refractivity contribution is 6.01. The smallest absolute Gasteiger partial charge is 0.454 e. The average Bonchev–Trinajstić information content (AvgIpc) is 2.26. The van der Waals surface area contributed by atoms with Gasteiger partial charge in [-0.2, -0.15) is 13.2 Å². The second kappa shape index (κ2) is 4.60. The van der Waals surface area contributed by atoms with E-state index in [2.05, 4.69) is 9.47 Å². The number of carbonyl (C=O) groups excluding carboxylic acids is 1. The molecule has 0 aliphatic rings. The normalized spacial score (nSPS) is 11.2. The van der Waals surface area contributed by atoms with Crippen molar-refractivity contribution in [1.29, 1.82) is 0 Å². The van der Waals surface area contributed by atoms with Gasteiger partial charge in [-0.25, -0.2) is 4.39 Å². The Balaban J connectivity index is 3.34. The summed E-state index contributed by atoms with van der Waals surface area (Å²) in [7, 11) is 2.26. The zero-order valence-electron chi connectivity index (χ0n) is 8.89. The fourth-order valence-electron chi connectivity index (χ4n) is 1.22. The lowest BCUT2D eigenvalue weighted by molar-refractivity contribution is -0.0887. The van der Waals surface area contributed by atoms with E-state index in [1.165, 1.54) is 7.11 Å². The number of Topliss-reactive ketones (excluding diaryl/α,β-unsaturated/α-hetero) is 1. The minimum atomic E-state index is -5.14. The molecule has 0 bridgehead atoms. The van der Waals surface area contributed by atoms with E-state index in [4.69, 9.17) is 0 Å². The number of alkyl halides is 3. The number of benzene rings is 1. The molecule has 94 valence electrons. The van der Waals surface area contributed by atoms with Gasteiger partial charge in [0.25, 0.3) is 5.78 Å². The van der Waals surface area contributed by atoms with Gasteiger partial charge in [-0.05, 0) is 12.1 Å². The van der Waals surface area contributed by atoms with Gasteiger partial charge in [0.2, 0.25) is 0 Å². The van der Waals surface area contributed by atoms with Gasteiger partial charge in [-0.15, -0.1) is 0 Å². The zero-order chi connectivity index (χ0) is 13.2. The van der Waals surface area contributed by atoms with Crippen LogP contribution < -0.4 is 9.47 Å². The number of ketones is 1. The number of rotatable bonds is 3. The zero-order valence-corrected chi connectivity index (χ0v) is 8.89. The lowest BCUT2D eigenvalue weighted by Gasteiger charge is -2.12. The molecule has 0 fully saturated rings. The summed E-state index contributed by atoms with van der Waals surface area (Å²) in [5.41, 5.74) is -1.10. The molecule has 1 rings (SSSR count). The molecule has 17 heavy (non-hydrogen) atoms. The average molecular weight is 252 g/mol. The van der Waals surface area contributed by atoms with Crippen LogP contribution in [0, 0.1) is 5.82 Å². The lowest BCUT2D eigenvalue weighted by atomic mass is 10.1. The maximum absolute atomic E-state index is 13.6. The van der Waals surface area contributed by atoms with Crippen LogP contribution in [0.5, 0.6) is 11.5 Å². The molecule has 1 aromatic rings. The Morgan fingerprint density at radius 1 is 1.18 bits per heavy atom. The summed E-state index contributed by atoms with van der Waals surface area (Å²) < 4.78 is 59.2. The van der Waals surface area contributed by atoms with Gasteiger partial charge in [0.15, 0.2) is 17.3 Å². The number of carbonyl (C=O) groups is 1. The van der Waals surface area contributed by atoms with E-state index in [1.807, 2.05) is 0 Å². The monoisotopic (exact) mass is 252 g/mol. The third-order valence-corrected chi connectivity index (χ3v) is 1.99. The predicted molar refractivity (Wildman–Crippen MR) is 49.9 cm³/mol. The molecule has 0 aliphatic heterocycles. The maximum Gasteiger partial charge on any atom is 0.454 e. The first kappa shape index (κ1) is 13.3. The minimum absolute atomic E-state index is 0.0938. The molecule has 0 unspecified atom stereocenters. The van der Waals surface area contributed by atoms with Crippen molar-refractivity contribution in [3.05, 3.63) is 23.5 Å². The van der Waals surface area contributed by atoms with Crippen LogP contribution >= 0.6 is 0 Å². The standard InChI is InChI=1S/C10H8F4O3/c1-16-6-4-3-5(7(11)8(6)17-2)9(15)10(12,13)14/h3-4H,1-2H3. The Bertz CT molecular complexity index is 440. The number of ether oxygens (including phenoxy) is 2. The summed E-state index contributed by atoms with van der Waals surface area (Å²) in [6, 6.07) is 1.73. The van der Waals surface area contributed by atoms with E-state index in [0.29, 0.717) is 6.07 Å². The first-order valence-electron chi connectivity index (χ1n) is 4.35. The van der Waals surface area contributed by atoms with Crippen LogP contribution in [0.4, 0.5) is 17.6 Å². The fraction of sp³-hybridized carbons (Fsp3) is 0.300. The fourth-order valence-corrected chi connectivity index (χ4v) is 1.22. The van der Waals surface area contributed by atoms with Gasteiger partial charge in [-0.3, -0.25) is 4.79 Å². The Morgan fingerprint density at radius 2 is 1.76 bits per heavy atom. The van der Waals surface area contributed by atoms with E-state index in [1.54, 1.807) is 0 Å². The van der Waals surface area contributed by atoms with Gasteiger partial charge >= 0.3 is 6.18 Å². The summed E-state index contributed by atoms with van der Waals surface area (Å²) in [6.45, 7) is 0. The van der Waals surface area contributed by atoms with Crippen molar-refractivity contribution in [3.8, 4) is 11.5 Å². The molecule has 7 heteroatoms. The van der Waals surface area contributed by atoms with Gasteiger partial charge in [-0.1, -0.05) is 0 Å². The van der Waals surface area contributed by atoms with Gasteiger partial charge < -0.3 is 9.47 Å². The molecule has 3 nitrogen and oxygen atoms in total. The van der Waals surface area contributed by atoms with Gasteiger partial charge in [0.05, 0.1) is 19.8 Å². The molecule has 0 N–H and O–H groups in total. The highest BCUT2D eigenvalue weighted by atomic mass is 19.4. The van der Waals surface area contributed by atoms with Crippen LogP contribution in [-0.2, 0) is 0 Å². The van der Waals surface area contributed by atoms with E-state index < -0.39 is 29.1 Å². The molecule has 0 heterocycles. The van der Waals surface area contributed by atoms with Crippen molar-refractivity contribution in [2.45, 2.75) is 6.18 Å². The summed E-state index contributed by atoms with van der Waals surface area (Å²) in [5.74, 6) is -4.29. The van der Waals surface area contributed by atoms with E-state index in [0.717, 1.165) is 13.2 Å². The molecule has 1 aromatic carbocycles. The number of halogens is 4. The summed E-state index contributed by atoms with van der Waals surface area (Å²) in [6.07, 6.45) is -5.14. The topological polar surface area (TPSA) is 35.5 Å². The molecule has 0 saturated carbocycles. The molecular formula is C10H8F4O3. The molecule has 0 aromatic heterocycles. The van der Waals surface area contributed by atoms with E-state index >= 15 is 0 Å². The third kappa shape index (κ3) is 2.48. The molecule has 0 aliphatic carbocycles. The molecular weight excluding hydrogens is 244 g/mol. The van der Waals surface area contributed by atoms with Crippen molar-refractivity contribution in [2.75, 3.05) is 14.2 Å². The predicted octanol–water partition coefficient (Wildman–Crippen LogP) is 2.59. The highest BCUT2D eigenvalue weighted by Crippen LogP contribution is 2.34. The van der Waals surface area contributed by atoms with E-state index in [-0.39, 0.29) is 5.75 Å². The second-order valence-corrected chi connectivity index (χ2v) is 2.99. The Hall–Kier alpha value is -1.79. The number of hydrogen-bond acceptors (Lipinski definition) is 3. The number of hydrogen-bond donors (Lipinski definition) is 0. The Labute approximate surface area is 93.9 Å². The minimum Gasteiger partial charge on any atom is -0.493 e. The molecule has 0 atom stereocenters. The maximum atomic E-state index is 13.6. The SMILES string of the molecule is COc1ccc(C(=O)C(F)(F)F)c(F)c1OC. The first-order chi connectivity index (χ1) is 7.82. The van der Waals surface area contributed by atoms with Crippen LogP contribution in [0.15, 0.2) is 12.1 Å².